The minimum Gasteiger partial charge on any atom is -0.312 e. The molecule has 3 aliphatic heterocycles. The summed E-state index contributed by atoms with van der Waals surface area (Å²) in [6.07, 6.45) is 0. The van der Waals surface area contributed by atoms with Crippen molar-refractivity contribution < 1.29 is 0 Å². The Kier molecular flexibility index (Phi) is 18.7. The second-order valence-electron chi connectivity index (χ2n) is 30.8. The van der Waals surface area contributed by atoms with Crippen LogP contribution in [0.25, 0.3) is 87.6 Å². The largest absolute Gasteiger partial charge is 0.312 e. The summed E-state index contributed by atoms with van der Waals surface area (Å²) in [5.41, 5.74) is 32.9. The van der Waals surface area contributed by atoms with Gasteiger partial charge in [0.1, 0.15) is 0 Å². The van der Waals surface area contributed by atoms with Crippen LogP contribution in [0.2, 0.25) is 0 Å². The fourth-order valence-corrected chi connectivity index (χ4v) is 18.9. The zero-order valence-electron chi connectivity index (χ0n) is 65.1. The van der Waals surface area contributed by atoms with E-state index in [0.717, 1.165) is 0 Å². The fourth-order valence-electron chi connectivity index (χ4n) is 18.9. The van der Waals surface area contributed by atoms with Crippen LogP contribution in [0.5, 0.6) is 0 Å². The van der Waals surface area contributed by atoms with Gasteiger partial charge in [-0.05, 0) is 182 Å². The molecule has 0 saturated carbocycles. The van der Waals surface area contributed by atoms with Crippen LogP contribution in [-0.2, 0) is 0 Å². The maximum absolute atomic E-state index is 2.47. The molecule has 0 bridgehead atoms. The first kappa shape index (κ1) is 70.9. The molecule has 0 fully saturated rings. The molecule has 0 N–H and O–H groups in total. The molecule has 550 valence electrons. The van der Waals surface area contributed by atoms with Crippen LogP contribution in [0, 0.1) is 0 Å². The van der Waals surface area contributed by atoms with E-state index in [1.165, 1.54) is 188 Å². The maximum Gasteiger partial charge on any atom is 0.248 e. The van der Waals surface area contributed by atoms with Gasteiger partial charge in [0.05, 0.1) is 0 Å². The smallest absolute Gasteiger partial charge is 0.248 e. The van der Waals surface area contributed by atoms with Crippen molar-refractivity contribution in [2.75, 3.05) is 14.7 Å². The zero-order valence-corrected chi connectivity index (χ0v) is 65.1. The van der Waals surface area contributed by atoms with Gasteiger partial charge in [-0.3, -0.25) is 0 Å². The van der Waals surface area contributed by atoms with Crippen LogP contribution in [0.4, 0.5) is 51.2 Å². The molecule has 118 heavy (non-hydrogen) atoms. The molecule has 0 aliphatic carbocycles. The zero-order chi connectivity index (χ0) is 78.2. The number of fused-ring (bicyclic) bond motifs is 11. The standard InChI is InChI=1S/2C40H28BN.C32H22BN/c1-4-15-29(16-5-1)34-23-14-24-35(30-17-6-2-7-18-30)40(34)41-36-25-12-13-26-38(36)42(33-21-8-3-9-22-33)39-28-32-20-11-10-19-31(32)27-37(39)41;1-4-15-29(16-5-1)33-23-14-24-34(30-17-6-2-7-18-30)39(33)41-36-25-12-13-26-38(36)42(32-20-8-3-9-21-32)40-35-22-11-10-19-31(35)27-28-37(40)41;1-3-11-25-21-27(19-17-23(25)9-1)33-29-13-5-7-15-31(29)34(32-16-8-6-14-30(32)33)28-20-18-24-10-2-4-12-26(24)22-28/h2*1-28H;1-22H. The average molecular weight is 1500 g/mol. The summed E-state index contributed by atoms with van der Waals surface area (Å²) in [4.78, 5) is 7.34. The highest BCUT2D eigenvalue weighted by Gasteiger charge is 2.41. The molecule has 0 aromatic heterocycles. The Labute approximate surface area is 691 Å². The first-order valence-electron chi connectivity index (χ1n) is 41.0. The predicted molar refractivity (Wildman–Crippen MR) is 508 cm³/mol. The van der Waals surface area contributed by atoms with E-state index in [2.05, 4.69) is 488 Å². The molecule has 0 saturated heterocycles. The molecule has 0 radical (unpaired) electrons. The summed E-state index contributed by atoms with van der Waals surface area (Å²) in [5.74, 6) is 0. The summed E-state index contributed by atoms with van der Waals surface area (Å²) in [6, 6.07) is 172. The third-order valence-corrected chi connectivity index (χ3v) is 24.1. The molecule has 3 nitrogen and oxygen atoms in total. The molecule has 3 heterocycles. The van der Waals surface area contributed by atoms with E-state index in [1.807, 2.05) is 0 Å². The highest BCUT2D eigenvalue weighted by atomic mass is 15.2. The molecule has 6 heteroatoms. The van der Waals surface area contributed by atoms with Gasteiger partial charge in [0.25, 0.3) is 0 Å². The number of nitrogens with zero attached hydrogens (tertiary/aromatic N) is 3. The summed E-state index contributed by atoms with van der Waals surface area (Å²) in [6.45, 7) is 0.258. The molecular formula is C112H78B3N3. The van der Waals surface area contributed by atoms with E-state index >= 15 is 0 Å². The van der Waals surface area contributed by atoms with Crippen LogP contribution < -0.4 is 63.9 Å². The van der Waals surface area contributed by atoms with E-state index in [0.29, 0.717) is 0 Å². The third kappa shape index (κ3) is 12.9. The Balaban J connectivity index is 0.000000111. The van der Waals surface area contributed by atoms with Gasteiger partial charge in [-0.15, -0.1) is 0 Å². The van der Waals surface area contributed by atoms with Crippen LogP contribution in [-0.4, -0.2) is 20.1 Å². The van der Waals surface area contributed by atoms with Gasteiger partial charge in [0.2, 0.25) is 20.1 Å². The molecule has 20 aromatic carbocycles. The van der Waals surface area contributed by atoms with E-state index in [-0.39, 0.29) is 20.1 Å². The van der Waals surface area contributed by atoms with E-state index in [4.69, 9.17) is 0 Å². The number of anilines is 9. The fraction of sp³-hybridized carbons (Fsp3) is 0. The second kappa shape index (κ2) is 31.1. The number of hydrogen-bond donors (Lipinski definition) is 0. The summed E-state index contributed by atoms with van der Waals surface area (Å²) < 4.78 is 0. The number of hydrogen-bond acceptors (Lipinski definition) is 3. The van der Waals surface area contributed by atoms with Crippen molar-refractivity contribution in [2.45, 2.75) is 0 Å². The molecule has 0 amide bonds. The van der Waals surface area contributed by atoms with Crippen molar-refractivity contribution in [3.8, 4) is 44.5 Å². The van der Waals surface area contributed by atoms with Crippen molar-refractivity contribution >= 4 is 164 Å². The van der Waals surface area contributed by atoms with Gasteiger partial charge in [-0.25, -0.2) is 0 Å². The minimum atomic E-state index is 0.0346. The molecule has 0 atom stereocenters. The van der Waals surface area contributed by atoms with Crippen molar-refractivity contribution in [1.82, 2.24) is 0 Å². The lowest BCUT2D eigenvalue weighted by Gasteiger charge is -2.39. The molecule has 20 aromatic rings. The summed E-state index contributed by atoms with van der Waals surface area (Å²) in [5, 5.41) is 10.1. The molecule has 0 unspecified atom stereocenters. The van der Waals surface area contributed by atoms with E-state index < -0.39 is 0 Å². The normalized spacial score (nSPS) is 12.3. The lowest BCUT2D eigenvalue weighted by atomic mass is 9.33. The van der Waals surface area contributed by atoms with Gasteiger partial charge in [0, 0.05) is 56.6 Å². The van der Waals surface area contributed by atoms with E-state index in [9.17, 15) is 0 Å². The Morgan fingerprint density at radius 3 is 0.949 bits per heavy atom. The Morgan fingerprint density at radius 1 is 0.161 bits per heavy atom. The Hall–Kier alpha value is -15.0. The average Bonchev–Trinajstić information content (AvgIpc) is 0.721. The lowest BCUT2D eigenvalue weighted by molar-refractivity contribution is 1.30. The van der Waals surface area contributed by atoms with Gasteiger partial charge in [-0.1, -0.05) is 423 Å². The third-order valence-electron chi connectivity index (χ3n) is 24.1. The summed E-state index contributed by atoms with van der Waals surface area (Å²) in [7, 11) is 0. The SMILES string of the molecule is c1ccc(-c2cccc(-c3ccccc3)c2B2c3ccccc3N(c3ccccc3)c3c2ccc2ccccc32)cc1.c1ccc(-c2cccc(-c3ccccc3)c2B2c3ccccc3N(c3ccccc3)c3cc4ccccc4cc32)cc1.c1ccc2c(c1)B(c1ccc3ccccc3c1)c1ccccc1N2c1ccc2ccccc2c1. The van der Waals surface area contributed by atoms with Gasteiger partial charge in [0.15, 0.2) is 0 Å². The van der Waals surface area contributed by atoms with Crippen molar-refractivity contribution in [3.05, 3.63) is 473 Å². The number of para-hydroxylation sites is 6. The topological polar surface area (TPSA) is 9.72 Å². The Morgan fingerprint density at radius 2 is 0.483 bits per heavy atom. The Bertz CT molecular complexity index is 6670. The maximum atomic E-state index is 2.47. The second-order valence-corrected chi connectivity index (χ2v) is 30.8. The molecule has 3 aliphatic rings. The van der Waals surface area contributed by atoms with Crippen LogP contribution in [0.15, 0.2) is 473 Å². The molecule has 0 spiro atoms. The highest BCUT2D eigenvalue weighted by molar-refractivity contribution is 7.01. The molecule has 23 rings (SSSR count). The van der Waals surface area contributed by atoms with Crippen LogP contribution in [0.3, 0.4) is 0 Å². The predicted octanol–water partition coefficient (Wildman–Crippen LogP) is 23.2. The number of rotatable bonds is 10. The lowest BCUT2D eigenvalue weighted by Crippen LogP contribution is -2.58. The van der Waals surface area contributed by atoms with Crippen LogP contribution >= 0.6 is 0 Å². The van der Waals surface area contributed by atoms with Gasteiger partial charge < -0.3 is 14.7 Å². The molecular weight excluding hydrogens is 1420 g/mol. The minimum absolute atomic E-state index is 0.0346. The first-order chi connectivity index (χ1) is 58.6. The highest BCUT2D eigenvalue weighted by Crippen LogP contribution is 2.44. The van der Waals surface area contributed by atoms with Crippen LogP contribution in [0.1, 0.15) is 0 Å². The monoisotopic (exact) mass is 1500 g/mol. The van der Waals surface area contributed by atoms with Crippen molar-refractivity contribution in [3.63, 3.8) is 0 Å². The van der Waals surface area contributed by atoms with Crippen molar-refractivity contribution in [1.29, 1.82) is 0 Å². The number of benzene rings is 20. The van der Waals surface area contributed by atoms with Gasteiger partial charge >= 0.3 is 0 Å². The summed E-state index contributed by atoms with van der Waals surface area (Å²) >= 11 is 0. The van der Waals surface area contributed by atoms with Gasteiger partial charge in [-0.2, -0.15) is 0 Å². The first-order valence-corrected chi connectivity index (χ1v) is 41.0. The quantitative estimate of drug-likeness (QED) is 0.126. The van der Waals surface area contributed by atoms with E-state index in [1.54, 1.807) is 0 Å². The van der Waals surface area contributed by atoms with Crippen molar-refractivity contribution in [2.24, 2.45) is 0 Å².